The van der Waals surface area contributed by atoms with E-state index in [2.05, 4.69) is 15.0 Å². The second-order valence-corrected chi connectivity index (χ2v) is 4.81. The molecule has 8 heteroatoms. The number of aliphatic hydroxyl groups excluding tert-OH is 1. The molecule has 0 saturated heterocycles. The lowest BCUT2D eigenvalue weighted by atomic mass is 10.1. The molecule has 1 aromatic rings. The zero-order chi connectivity index (χ0) is 16.0. The number of amides is 1. The second-order valence-electron chi connectivity index (χ2n) is 4.81. The Kier molecular flexibility index (Phi) is 5.95. The fourth-order valence-corrected chi connectivity index (χ4v) is 1.29. The van der Waals surface area contributed by atoms with E-state index in [9.17, 15) is 23.1 Å². The van der Waals surface area contributed by atoms with Crippen LogP contribution in [0.15, 0.2) is 18.3 Å². The number of hydrogen-bond acceptors (Lipinski definition) is 4. The molecule has 1 amide bonds. The van der Waals surface area contributed by atoms with Crippen LogP contribution in [0.2, 0.25) is 0 Å². The molecule has 1 rings (SSSR count). The van der Waals surface area contributed by atoms with Crippen molar-refractivity contribution in [3.8, 4) is 5.88 Å². The summed E-state index contributed by atoms with van der Waals surface area (Å²) in [6.45, 7) is 2.27. The maximum atomic E-state index is 11.9. The number of carbonyl (C=O) groups is 1. The minimum atomic E-state index is -4.44. The van der Waals surface area contributed by atoms with Crippen molar-refractivity contribution in [3.05, 3.63) is 23.9 Å². The van der Waals surface area contributed by atoms with E-state index < -0.39 is 24.8 Å². The van der Waals surface area contributed by atoms with Gasteiger partial charge in [0.05, 0.1) is 11.7 Å². The molecule has 21 heavy (non-hydrogen) atoms. The van der Waals surface area contributed by atoms with Gasteiger partial charge in [-0.1, -0.05) is 13.8 Å². The Hall–Kier alpha value is -1.83. The van der Waals surface area contributed by atoms with Gasteiger partial charge in [-0.05, 0) is 12.0 Å². The highest BCUT2D eigenvalue weighted by atomic mass is 19.4. The molecule has 1 unspecified atom stereocenters. The van der Waals surface area contributed by atoms with Crippen LogP contribution in [0.25, 0.3) is 0 Å². The predicted molar refractivity (Wildman–Crippen MR) is 69.0 cm³/mol. The van der Waals surface area contributed by atoms with Crippen molar-refractivity contribution in [2.45, 2.75) is 26.1 Å². The average Bonchev–Trinajstić information content (AvgIpc) is 2.41. The van der Waals surface area contributed by atoms with Gasteiger partial charge in [-0.2, -0.15) is 13.2 Å². The van der Waals surface area contributed by atoms with Crippen molar-refractivity contribution in [2.75, 3.05) is 13.2 Å². The fourth-order valence-electron chi connectivity index (χ4n) is 1.29. The summed E-state index contributed by atoms with van der Waals surface area (Å²) in [5.74, 6) is -0.683. The number of halogens is 3. The molecule has 0 aliphatic heterocycles. The normalized spacial score (nSPS) is 13.1. The topological polar surface area (TPSA) is 71.5 Å². The van der Waals surface area contributed by atoms with Crippen molar-refractivity contribution < 1.29 is 27.8 Å². The first-order chi connectivity index (χ1) is 9.69. The lowest BCUT2D eigenvalue weighted by Gasteiger charge is -2.15. The summed E-state index contributed by atoms with van der Waals surface area (Å²) in [6.07, 6.45) is -4.00. The van der Waals surface area contributed by atoms with Crippen LogP contribution in [0.5, 0.6) is 5.88 Å². The van der Waals surface area contributed by atoms with E-state index in [1.807, 2.05) is 13.8 Å². The van der Waals surface area contributed by atoms with Gasteiger partial charge in [-0.25, -0.2) is 4.98 Å². The second kappa shape index (κ2) is 7.26. The molecule has 0 bridgehead atoms. The smallest absolute Gasteiger partial charge is 0.422 e. The molecule has 0 saturated carbocycles. The van der Waals surface area contributed by atoms with Gasteiger partial charge in [-0.15, -0.1) is 0 Å². The molecule has 0 aliphatic rings. The van der Waals surface area contributed by atoms with E-state index >= 15 is 0 Å². The Morgan fingerprint density at radius 1 is 1.43 bits per heavy atom. The number of nitrogens with zero attached hydrogens (tertiary/aromatic N) is 1. The summed E-state index contributed by atoms with van der Waals surface area (Å²) in [5, 5.41) is 12.1. The van der Waals surface area contributed by atoms with Gasteiger partial charge in [0.1, 0.15) is 0 Å². The van der Waals surface area contributed by atoms with E-state index in [4.69, 9.17) is 0 Å². The third-order valence-electron chi connectivity index (χ3n) is 2.62. The number of carbonyl (C=O) groups excluding carboxylic acids is 1. The molecular formula is C13H17F3N2O3. The summed E-state index contributed by atoms with van der Waals surface area (Å²) in [7, 11) is 0. The number of alkyl halides is 3. The van der Waals surface area contributed by atoms with Crippen molar-refractivity contribution >= 4 is 5.91 Å². The molecule has 2 N–H and O–H groups in total. The fraction of sp³-hybridized carbons (Fsp3) is 0.538. The van der Waals surface area contributed by atoms with Crippen LogP contribution in [0.3, 0.4) is 0 Å². The highest BCUT2D eigenvalue weighted by molar-refractivity contribution is 5.93. The zero-order valence-electron chi connectivity index (χ0n) is 11.6. The van der Waals surface area contributed by atoms with Crippen molar-refractivity contribution in [2.24, 2.45) is 5.92 Å². The van der Waals surface area contributed by atoms with Crippen LogP contribution in [-0.2, 0) is 0 Å². The number of nitrogens with one attached hydrogen (secondary N) is 1. The number of rotatable bonds is 6. The molecule has 0 spiro atoms. The van der Waals surface area contributed by atoms with E-state index in [1.165, 1.54) is 12.1 Å². The maximum Gasteiger partial charge on any atom is 0.422 e. The predicted octanol–water partition coefficient (Wildman–Crippen LogP) is 1.77. The van der Waals surface area contributed by atoms with Gasteiger partial charge in [0.2, 0.25) is 5.88 Å². The number of pyridine rings is 1. The molecule has 5 nitrogen and oxygen atoms in total. The maximum absolute atomic E-state index is 11.9. The van der Waals surface area contributed by atoms with E-state index in [-0.39, 0.29) is 23.9 Å². The summed E-state index contributed by atoms with van der Waals surface area (Å²) in [6, 6.07) is 2.48. The number of aliphatic hydroxyl groups is 1. The summed E-state index contributed by atoms with van der Waals surface area (Å²) < 4.78 is 40.3. The number of ether oxygens (including phenoxy) is 1. The zero-order valence-corrected chi connectivity index (χ0v) is 11.6. The Balaban J connectivity index is 2.51. The largest absolute Gasteiger partial charge is 0.468 e. The van der Waals surface area contributed by atoms with Crippen molar-refractivity contribution in [1.29, 1.82) is 0 Å². The Labute approximate surface area is 120 Å². The molecule has 1 heterocycles. The van der Waals surface area contributed by atoms with E-state index in [0.717, 1.165) is 6.20 Å². The molecule has 0 aliphatic carbocycles. The lowest BCUT2D eigenvalue weighted by molar-refractivity contribution is -0.154. The first kappa shape index (κ1) is 17.2. The lowest BCUT2D eigenvalue weighted by Crippen LogP contribution is -2.34. The first-order valence-electron chi connectivity index (χ1n) is 6.31. The van der Waals surface area contributed by atoms with Crippen LogP contribution >= 0.6 is 0 Å². The third-order valence-corrected chi connectivity index (χ3v) is 2.62. The molecular weight excluding hydrogens is 289 g/mol. The van der Waals surface area contributed by atoms with Gasteiger partial charge in [0.15, 0.2) is 6.61 Å². The van der Waals surface area contributed by atoms with Gasteiger partial charge in [-0.3, -0.25) is 4.79 Å². The van der Waals surface area contributed by atoms with E-state index in [1.54, 1.807) is 0 Å². The summed E-state index contributed by atoms with van der Waals surface area (Å²) >= 11 is 0. The molecule has 1 aromatic heterocycles. The number of aromatic nitrogens is 1. The SMILES string of the molecule is CC(C)C(O)CNC(=O)c1ccc(OCC(F)(F)F)nc1. The first-order valence-corrected chi connectivity index (χ1v) is 6.31. The average molecular weight is 306 g/mol. The molecule has 1 atom stereocenters. The Morgan fingerprint density at radius 2 is 2.10 bits per heavy atom. The van der Waals surface area contributed by atoms with Crippen molar-refractivity contribution in [3.63, 3.8) is 0 Å². The standard InChI is InChI=1S/C13H17F3N2O3/c1-8(2)10(19)6-18-12(20)9-3-4-11(17-5-9)21-7-13(14,15)16/h3-5,8,10,19H,6-7H2,1-2H3,(H,18,20). The van der Waals surface area contributed by atoms with Crippen LogP contribution in [0.4, 0.5) is 13.2 Å². The monoisotopic (exact) mass is 306 g/mol. The van der Waals surface area contributed by atoms with Gasteiger partial charge < -0.3 is 15.2 Å². The Morgan fingerprint density at radius 3 is 2.57 bits per heavy atom. The highest BCUT2D eigenvalue weighted by Crippen LogP contribution is 2.17. The number of hydrogen-bond donors (Lipinski definition) is 2. The van der Waals surface area contributed by atoms with Crippen molar-refractivity contribution in [1.82, 2.24) is 10.3 Å². The third kappa shape index (κ3) is 6.44. The van der Waals surface area contributed by atoms with Crippen LogP contribution in [0, 0.1) is 5.92 Å². The Bertz CT molecular complexity index is 461. The van der Waals surface area contributed by atoms with Crippen LogP contribution in [-0.4, -0.2) is 41.4 Å². The minimum Gasteiger partial charge on any atom is -0.468 e. The van der Waals surface area contributed by atoms with Crippen LogP contribution < -0.4 is 10.1 Å². The summed E-state index contributed by atoms with van der Waals surface area (Å²) in [4.78, 5) is 15.3. The molecule has 0 fully saturated rings. The van der Waals surface area contributed by atoms with Crippen LogP contribution in [0.1, 0.15) is 24.2 Å². The van der Waals surface area contributed by atoms with E-state index in [0.29, 0.717) is 0 Å². The van der Waals surface area contributed by atoms with Gasteiger partial charge in [0.25, 0.3) is 5.91 Å². The molecule has 0 aromatic carbocycles. The quantitative estimate of drug-likeness (QED) is 0.840. The highest BCUT2D eigenvalue weighted by Gasteiger charge is 2.28. The minimum absolute atomic E-state index is 0.00145. The molecule has 0 radical (unpaired) electrons. The summed E-state index contributed by atoms with van der Waals surface area (Å²) in [5.41, 5.74) is 0.172. The van der Waals surface area contributed by atoms with Gasteiger partial charge >= 0.3 is 6.18 Å². The van der Waals surface area contributed by atoms with Gasteiger partial charge in [0, 0.05) is 18.8 Å². The molecule has 118 valence electrons.